The Morgan fingerprint density at radius 2 is 2.04 bits per heavy atom. The van der Waals surface area contributed by atoms with Crippen LogP contribution >= 0.6 is 22.7 Å². The molecule has 0 aromatic heterocycles. The largest absolute Gasteiger partial charge is 0.611 e. The molecule has 124 valence electrons. The summed E-state index contributed by atoms with van der Waals surface area (Å²) in [5.41, 5.74) is 1.11. The molecule has 0 aliphatic carbocycles. The monoisotopic (exact) mass is 368 g/mol. The zero-order valence-corrected chi connectivity index (χ0v) is 15.6. The first-order valence-corrected chi connectivity index (χ1v) is 11.8. The van der Waals surface area contributed by atoms with E-state index < -0.39 is 11.2 Å². The van der Waals surface area contributed by atoms with Crippen molar-refractivity contribution in [1.29, 1.82) is 0 Å². The van der Waals surface area contributed by atoms with Crippen LogP contribution in [0.15, 0.2) is 58.3 Å². The van der Waals surface area contributed by atoms with Gasteiger partial charge in [-0.15, -0.1) is 0 Å². The maximum atomic E-state index is 13.0. The van der Waals surface area contributed by atoms with Gasteiger partial charge in [0.15, 0.2) is 4.90 Å². The molecule has 0 saturated carbocycles. The normalized spacial score (nSPS) is 24.3. The van der Waals surface area contributed by atoms with Crippen molar-refractivity contribution in [2.45, 2.75) is 27.7 Å². The zero-order valence-electron chi connectivity index (χ0n) is 13.1. The number of hydrogen-bond donors (Lipinski definition) is 1. The number of benzene rings is 2. The van der Waals surface area contributed by atoms with E-state index in [9.17, 15) is 8.94 Å². The van der Waals surface area contributed by atoms with Crippen LogP contribution in [0.3, 0.4) is 0 Å². The van der Waals surface area contributed by atoms with Gasteiger partial charge >= 0.3 is 0 Å². The summed E-state index contributed by atoms with van der Waals surface area (Å²) in [5, 5.41) is 0.751. The van der Waals surface area contributed by atoms with Crippen LogP contribution in [-0.2, 0) is 16.9 Å². The topological polar surface area (TPSA) is 23.1 Å². The molecule has 3 rings (SSSR count). The summed E-state index contributed by atoms with van der Waals surface area (Å²) in [6.07, 6.45) is 0. The zero-order chi connectivity index (χ0) is 16.2. The predicted octanol–water partition coefficient (Wildman–Crippen LogP) is 4.63. The van der Waals surface area contributed by atoms with Crippen molar-refractivity contribution in [2.24, 2.45) is 0 Å². The van der Waals surface area contributed by atoms with Gasteiger partial charge in [-0.2, -0.15) is 11.8 Å². The summed E-state index contributed by atoms with van der Waals surface area (Å²) in [5.74, 6) is 3.98. The third-order valence-electron chi connectivity index (χ3n) is 3.98. The molecule has 23 heavy (non-hydrogen) atoms. The minimum atomic E-state index is -1.13. The van der Waals surface area contributed by atoms with Crippen molar-refractivity contribution in [3.63, 3.8) is 0 Å². The molecule has 1 nitrogen and oxygen atoms in total. The Kier molecular flexibility index (Phi) is 5.96. The van der Waals surface area contributed by atoms with Crippen LogP contribution in [0.25, 0.3) is 0 Å². The molecule has 2 aromatic carbocycles. The van der Waals surface area contributed by atoms with Gasteiger partial charge in [0.05, 0.1) is 0 Å². The molecule has 1 saturated heterocycles. The van der Waals surface area contributed by atoms with E-state index in [0.717, 1.165) is 10.8 Å². The predicted molar refractivity (Wildman–Crippen MR) is 102 cm³/mol. The van der Waals surface area contributed by atoms with Gasteiger partial charge in [0.2, 0.25) is 0 Å². The van der Waals surface area contributed by atoms with Gasteiger partial charge in [0.25, 0.3) is 0 Å². The third kappa shape index (κ3) is 4.47. The average Bonchev–Trinajstić information content (AvgIpc) is 2.56. The van der Waals surface area contributed by atoms with E-state index in [4.69, 9.17) is 0 Å². The average molecular weight is 369 g/mol. The van der Waals surface area contributed by atoms with Gasteiger partial charge in [-0.25, -0.2) is 15.3 Å². The van der Waals surface area contributed by atoms with E-state index >= 15 is 0 Å². The SMILES string of the molecule is CC1CSCC[SH]1c1cccc(C[S+]([O-])c2ccc(F)cc2)c1. The summed E-state index contributed by atoms with van der Waals surface area (Å²) in [6.45, 7) is 2.35. The fourth-order valence-electron chi connectivity index (χ4n) is 2.76. The first-order valence-electron chi connectivity index (χ1n) is 7.71. The smallest absolute Gasteiger partial charge is 0.153 e. The summed E-state index contributed by atoms with van der Waals surface area (Å²) in [4.78, 5) is 2.12. The maximum absolute atomic E-state index is 13.0. The van der Waals surface area contributed by atoms with E-state index in [1.165, 1.54) is 34.3 Å². The summed E-state index contributed by atoms with van der Waals surface area (Å²) in [7, 11) is -0.0972. The molecule has 3 atom stereocenters. The van der Waals surface area contributed by atoms with E-state index in [1.54, 1.807) is 12.1 Å². The highest BCUT2D eigenvalue weighted by atomic mass is 32.2. The standard InChI is InChI=1S/C18H21FOS3/c1-14-12-21-9-10-22(14)18-4-2-3-15(11-18)13-23(20)17-7-5-16(19)6-8-17/h2-8,11,14,22H,9-10,12-13H2,1H3. The second-order valence-electron chi connectivity index (χ2n) is 5.73. The molecule has 1 aliphatic heterocycles. The third-order valence-corrected chi connectivity index (χ3v) is 10.0. The molecule has 0 amide bonds. The number of rotatable bonds is 4. The van der Waals surface area contributed by atoms with Crippen molar-refractivity contribution >= 4 is 33.8 Å². The molecule has 2 aromatic rings. The van der Waals surface area contributed by atoms with Crippen LogP contribution < -0.4 is 0 Å². The highest BCUT2D eigenvalue weighted by molar-refractivity contribution is 8.19. The number of halogens is 1. The maximum Gasteiger partial charge on any atom is 0.153 e. The van der Waals surface area contributed by atoms with Crippen molar-refractivity contribution in [3.8, 4) is 0 Å². The van der Waals surface area contributed by atoms with E-state index in [-0.39, 0.29) is 16.7 Å². The minimum Gasteiger partial charge on any atom is -0.611 e. The Morgan fingerprint density at radius 1 is 1.26 bits per heavy atom. The second kappa shape index (κ2) is 7.97. The molecule has 1 aliphatic rings. The molecular formula is C18H21FOS3. The molecular weight excluding hydrogens is 347 g/mol. The van der Waals surface area contributed by atoms with Crippen LogP contribution in [0, 0.1) is 5.82 Å². The lowest BCUT2D eigenvalue weighted by Crippen LogP contribution is -2.17. The number of thiol groups is 1. The molecule has 0 spiro atoms. The highest BCUT2D eigenvalue weighted by Crippen LogP contribution is 2.45. The quantitative estimate of drug-likeness (QED) is 0.628. The lowest BCUT2D eigenvalue weighted by molar-refractivity contribution is 0.593. The first-order chi connectivity index (χ1) is 11.1. The molecule has 0 radical (unpaired) electrons. The molecule has 0 bridgehead atoms. The lowest BCUT2D eigenvalue weighted by atomic mass is 10.2. The Bertz CT molecular complexity index is 647. The summed E-state index contributed by atoms with van der Waals surface area (Å²) in [6, 6.07) is 14.6. The van der Waals surface area contributed by atoms with Crippen LogP contribution in [0.2, 0.25) is 0 Å². The summed E-state index contributed by atoms with van der Waals surface area (Å²) >= 11 is 0.923. The van der Waals surface area contributed by atoms with Gasteiger partial charge in [-0.05, 0) is 57.4 Å². The Labute approximate surface area is 147 Å². The van der Waals surface area contributed by atoms with Gasteiger partial charge < -0.3 is 4.55 Å². The van der Waals surface area contributed by atoms with Crippen molar-refractivity contribution < 1.29 is 8.94 Å². The number of hydrogen-bond acceptors (Lipinski definition) is 2. The minimum absolute atomic E-state index is 0.0972. The second-order valence-corrected chi connectivity index (χ2v) is 11.1. The first kappa shape index (κ1) is 17.2. The van der Waals surface area contributed by atoms with Crippen LogP contribution in [0.1, 0.15) is 12.5 Å². The molecule has 1 fully saturated rings. The van der Waals surface area contributed by atoms with Crippen molar-refractivity contribution in [1.82, 2.24) is 0 Å². The van der Waals surface area contributed by atoms with Gasteiger partial charge in [-0.3, -0.25) is 0 Å². The van der Waals surface area contributed by atoms with Crippen molar-refractivity contribution in [3.05, 3.63) is 59.9 Å². The number of thioether (sulfide) groups is 1. The van der Waals surface area contributed by atoms with E-state index in [2.05, 4.69) is 36.9 Å². The van der Waals surface area contributed by atoms with Crippen LogP contribution in [-0.4, -0.2) is 27.1 Å². The molecule has 0 N–H and O–H groups in total. The fourth-order valence-corrected chi connectivity index (χ4v) is 8.51. The Morgan fingerprint density at radius 3 is 2.78 bits per heavy atom. The van der Waals surface area contributed by atoms with E-state index in [0.29, 0.717) is 10.6 Å². The lowest BCUT2D eigenvalue weighted by Gasteiger charge is -2.33. The highest BCUT2D eigenvalue weighted by Gasteiger charge is 2.20. The van der Waals surface area contributed by atoms with E-state index in [1.807, 2.05) is 6.07 Å². The van der Waals surface area contributed by atoms with Gasteiger partial charge in [0.1, 0.15) is 11.6 Å². The van der Waals surface area contributed by atoms with Crippen LogP contribution in [0.4, 0.5) is 4.39 Å². The van der Waals surface area contributed by atoms with Gasteiger partial charge in [-0.1, -0.05) is 25.1 Å². The summed E-state index contributed by atoms with van der Waals surface area (Å²) < 4.78 is 25.4. The van der Waals surface area contributed by atoms with Crippen LogP contribution in [0.5, 0.6) is 0 Å². The molecule has 5 heteroatoms. The fraction of sp³-hybridized carbons (Fsp3) is 0.333. The Balaban J connectivity index is 1.73. The molecule has 3 unspecified atom stereocenters. The Hall–Kier alpha value is -0.620. The van der Waals surface area contributed by atoms with Gasteiger partial charge in [0, 0.05) is 17.1 Å². The van der Waals surface area contributed by atoms with Crippen molar-refractivity contribution in [2.75, 3.05) is 17.3 Å². The molecule has 1 heterocycles.